The summed E-state index contributed by atoms with van der Waals surface area (Å²) in [6.07, 6.45) is 1.31. The Morgan fingerprint density at radius 2 is 1.81 bits per heavy atom. The van der Waals surface area contributed by atoms with Gasteiger partial charge in [-0.15, -0.1) is 0 Å². The fourth-order valence-electron chi connectivity index (χ4n) is 5.91. The standard InChI is InChI=1S/C28H33F3N6O4S/c1-42(40,41)36-13-8-25-23(17-36)26(20-2-3-24(28(29,30)31)22(14-20)27(32)39)34-37(25)16-21(38)15-35-11-6-19(7-12-35)18-4-9-33-10-5-18/h2-5,9-10,14,19,21,38H,6-8,11-13,15-17H2,1H3,(H2,32,39). The van der Waals surface area contributed by atoms with Crippen LogP contribution in [-0.4, -0.2) is 81.9 Å². The Morgan fingerprint density at radius 3 is 2.43 bits per heavy atom. The minimum absolute atomic E-state index is 0.0327. The Morgan fingerprint density at radius 1 is 1.12 bits per heavy atom. The normalized spacial score (nSPS) is 18.1. The van der Waals surface area contributed by atoms with Crippen LogP contribution >= 0.6 is 0 Å². The van der Waals surface area contributed by atoms with Crippen LogP contribution in [0.25, 0.3) is 11.3 Å². The topological polar surface area (TPSA) is 135 Å². The van der Waals surface area contributed by atoms with E-state index in [4.69, 9.17) is 5.73 Å². The van der Waals surface area contributed by atoms with Crippen molar-refractivity contribution >= 4 is 15.9 Å². The van der Waals surface area contributed by atoms with Crippen molar-refractivity contribution < 1.29 is 31.5 Å². The molecule has 4 heterocycles. The number of piperidine rings is 1. The summed E-state index contributed by atoms with van der Waals surface area (Å²) in [6, 6.07) is 7.08. The van der Waals surface area contributed by atoms with Gasteiger partial charge in [0.25, 0.3) is 0 Å². The SMILES string of the molecule is CS(=O)(=O)N1CCc2c(c(-c3ccc(C(F)(F)F)c(C(N)=O)c3)nn2CC(O)CN2CCC(c3ccncc3)CC2)C1. The predicted octanol–water partition coefficient (Wildman–Crippen LogP) is 2.62. The molecule has 42 heavy (non-hydrogen) atoms. The van der Waals surface area contributed by atoms with Crippen LogP contribution in [0.3, 0.4) is 0 Å². The average Bonchev–Trinajstić information content (AvgIpc) is 3.30. The summed E-state index contributed by atoms with van der Waals surface area (Å²) in [6.45, 7) is 2.34. The Kier molecular flexibility index (Phi) is 8.43. The first-order valence-electron chi connectivity index (χ1n) is 13.7. The summed E-state index contributed by atoms with van der Waals surface area (Å²) in [5.74, 6) is -0.799. The van der Waals surface area contributed by atoms with Crippen LogP contribution in [0.2, 0.25) is 0 Å². The zero-order valence-electron chi connectivity index (χ0n) is 23.1. The smallest absolute Gasteiger partial charge is 0.390 e. The number of hydrogen-bond donors (Lipinski definition) is 2. The van der Waals surface area contributed by atoms with Gasteiger partial charge < -0.3 is 15.7 Å². The lowest BCUT2D eigenvalue weighted by Crippen LogP contribution is -2.40. The van der Waals surface area contributed by atoms with E-state index in [1.807, 2.05) is 12.1 Å². The fourth-order valence-corrected chi connectivity index (χ4v) is 6.70. The monoisotopic (exact) mass is 606 g/mol. The molecule has 1 atom stereocenters. The molecule has 5 rings (SSSR count). The number of hydrogen-bond acceptors (Lipinski definition) is 7. The van der Waals surface area contributed by atoms with Crippen LogP contribution in [0.4, 0.5) is 13.2 Å². The number of fused-ring (bicyclic) bond motifs is 1. The molecular formula is C28H33F3N6O4S. The number of sulfonamides is 1. The van der Waals surface area contributed by atoms with Crippen molar-refractivity contribution in [3.63, 3.8) is 0 Å². The second kappa shape index (κ2) is 11.7. The third kappa shape index (κ3) is 6.51. The highest BCUT2D eigenvalue weighted by Crippen LogP contribution is 2.37. The Balaban J connectivity index is 1.39. The predicted molar refractivity (Wildman–Crippen MR) is 149 cm³/mol. The number of pyridine rings is 1. The average molecular weight is 607 g/mol. The van der Waals surface area contributed by atoms with E-state index in [1.54, 1.807) is 17.1 Å². The zero-order chi connectivity index (χ0) is 30.2. The van der Waals surface area contributed by atoms with Crippen LogP contribution < -0.4 is 5.73 Å². The van der Waals surface area contributed by atoms with Gasteiger partial charge in [0, 0.05) is 55.3 Å². The van der Waals surface area contributed by atoms with Crippen LogP contribution in [0, 0.1) is 0 Å². The zero-order valence-corrected chi connectivity index (χ0v) is 23.9. The summed E-state index contributed by atoms with van der Waals surface area (Å²) in [5.41, 5.74) is 6.35. The quantitative estimate of drug-likeness (QED) is 0.403. The van der Waals surface area contributed by atoms with Crippen LogP contribution in [0.15, 0.2) is 42.7 Å². The van der Waals surface area contributed by atoms with Gasteiger partial charge in [-0.2, -0.15) is 22.6 Å². The minimum atomic E-state index is -4.79. The number of nitrogens with two attached hydrogens (primary N) is 1. The number of β-amino-alcohol motifs (C(OH)–C–C–N with tert-alkyl or cyclic N) is 1. The summed E-state index contributed by atoms with van der Waals surface area (Å²) in [4.78, 5) is 18.2. The molecule has 0 spiro atoms. The maximum Gasteiger partial charge on any atom is 0.417 e. The molecule has 2 aliphatic heterocycles. The number of aliphatic hydroxyl groups is 1. The minimum Gasteiger partial charge on any atom is -0.390 e. The lowest BCUT2D eigenvalue weighted by Gasteiger charge is -2.33. The van der Waals surface area contributed by atoms with Crippen molar-refractivity contribution in [2.75, 3.05) is 32.4 Å². The molecule has 10 nitrogen and oxygen atoms in total. The highest BCUT2D eigenvalue weighted by molar-refractivity contribution is 7.88. The van der Waals surface area contributed by atoms with Crippen molar-refractivity contribution in [3.05, 3.63) is 70.7 Å². The number of halogens is 3. The number of likely N-dealkylation sites (tertiary alicyclic amines) is 1. The maximum atomic E-state index is 13.5. The number of primary amides is 1. The summed E-state index contributed by atoms with van der Waals surface area (Å²) < 4.78 is 68.1. The van der Waals surface area contributed by atoms with Gasteiger partial charge in [-0.1, -0.05) is 6.07 Å². The molecule has 1 amide bonds. The van der Waals surface area contributed by atoms with E-state index in [0.717, 1.165) is 44.3 Å². The van der Waals surface area contributed by atoms with E-state index in [0.29, 0.717) is 30.1 Å². The molecule has 2 aromatic heterocycles. The van der Waals surface area contributed by atoms with E-state index in [-0.39, 0.29) is 30.9 Å². The number of aliphatic hydroxyl groups excluding tert-OH is 1. The molecule has 14 heteroatoms. The van der Waals surface area contributed by atoms with Gasteiger partial charge in [-0.25, -0.2) is 8.42 Å². The second-order valence-electron chi connectivity index (χ2n) is 10.9. The molecule has 0 saturated carbocycles. The number of nitrogens with zero attached hydrogens (tertiary/aromatic N) is 5. The van der Waals surface area contributed by atoms with Gasteiger partial charge >= 0.3 is 6.18 Å². The van der Waals surface area contributed by atoms with Gasteiger partial charge in [-0.05, 0) is 61.7 Å². The second-order valence-corrected chi connectivity index (χ2v) is 12.9. The first kappa shape index (κ1) is 30.1. The van der Waals surface area contributed by atoms with Crippen molar-refractivity contribution in [2.24, 2.45) is 5.73 Å². The van der Waals surface area contributed by atoms with Gasteiger partial charge in [0.05, 0.1) is 35.7 Å². The first-order chi connectivity index (χ1) is 19.8. The van der Waals surface area contributed by atoms with Gasteiger partial charge in [-0.3, -0.25) is 14.5 Å². The fraction of sp³-hybridized carbons (Fsp3) is 0.464. The van der Waals surface area contributed by atoms with E-state index in [2.05, 4.69) is 15.0 Å². The number of rotatable bonds is 8. The maximum absolute atomic E-state index is 13.5. The van der Waals surface area contributed by atoms with Gasteiger partial charge in [0.2, 0.25) is 15.9 Å². The molecule has 1 fully saturated rings. The molecule has 1 unspecified atom stereocenters. The molecule has 2 aliphatic rings. The lowest BCUT2D eigenvalue weighted by molar-refractivity contribution is -0.137. The third-order valence-electron chi connectivity index (χ3n) is 8.05. The van der Waals surface area contributed by atoms with Crippen molar-refractivity contribution in [1.29, 1.82) is 0 Å². The van der Waals surface area contributed by atoms with Crippen molar-refractivity contribution in [2.45, 2.75) is 50.6 Å². The molecular weight excluding hydrogens is 573 g/mol. The van der Waals surface area contributed by atoms with Crippen LogP contribution in [-0.2, 0) is 35.7 Å². The Labute approximate surface area is 242 Å². The molecule has 0 radical (unpaired) electrons. The number of carbonyl (C=O) groups excluding carboxylic acids is 1. The Bertz CT molecular complexity index is 1550. The van der Waals surface area contributed by atoms with E-state index in [1.165, 1.54) is 15.9 Å². The number of aromatic nitrogens is 3. The summed E-state index contributed by atoms with van der Waals surface area (Å²) in [7, 11) is -3.56. The highest BCUT2D eigenvalue weighted by Gasteiger charge is 2.36. The van der Waals surface area contributed by atoms with Crippen molar-refractivity contribution in [1.82, 2.24) is 24.0 Å². The van der Waals surface area contributed by atoms with E-state index >= 15 is 0 Å². The largest absolute Gasteiger partial charge is 0.417 e. The molecule has 3 aromatic rings. The summed E-state index contributed by atoms with van der Waals surface area (Å²) >= 11 is 0. The molecule has 1 saturated heterocycles. The highest BCUT2D eigenvalue weighted by atomic mass is 32.2. The Hall–Kier alpha value is -3.33. The van der Waals surface area contributed by atoms with Crippen molar-refractivity contribution in [3.8, 4) is 11.3 Å². The lowest BCUT2D eigenvalue weighted by atomic mass is 9.90. The first-order valence-corrected chi connectivity index (χ1v) is 15.5. The van der Waals surface area contributed by atoms with Crippen LogP contribution in [0.5, 0.6) is 0 Å². The van der Waals surface area contributed by atoms with E-state index < -0.39 is 39.3 Å². The number of amides is 1. The van der Waals surface area contributed by atoms with Crippen LogP contribution in [0.1, 0.15) is 51.5 Å². The third-order valence-corrected chi connectivity index (χ3v) is 9.30. The number of alkyl halides is 3. The molecule has 226 valence electrons. The van der Waals surface area contributed by atoms with E-state index in [9.17, 15) is 31.5 Å². The summed E-state index contributed by atoms with van der Waals surface area (Å²) in [5, 5.41) is 15.7. The molecule has 3 N–H and O–H groups in total. The van der Waals surface area contributed by atoms with Gasteiger partial charge in [0.15, 0.2) is 0 Å². The van der Waals surface area contributed by atoms with Gasteiger partial charge in [0.1, 0.15) is 0 Å². The molecule has 0 bridgehead atoms. The molecule has 0 aliphatic carbocycles. The molecule has 1 aromatic carbocycles. The number of benzene rings is 1. The number of carbonyl (C=O) groups is 1.